The summed E-state index contributed by atoms with van der Waals surface area (Å²) in [5, 5.41) is 0. The zero-order valence-electron chi connectivity index (χ0n) is 54.9. The van der Waals surface area contributed by atoms with Gasteiger partial charge in [0.05, 0.1) is 0 Å². The van der Waals surface area contributed by atoms with Crippen LogP contribution in [0.1, 0.15) is 355 Å². The van der Waals surface area contributed by atoms with Gasteiger partial charge < -0.3 is 14.2 Å². The van der Waals surface area contributed by atoms with E-state index in [2.05, 4.69) is 118 Å². The molecular weight excluding hydrogens is 1020 g/mol. The van der Waals surface area contributed by atoms with Crippen LogP contribution in [0.2, 0.25) is 0 Å². The van der Waals surface area contributed by atoms with E-state index in [1.165, 1.54) is 205 Å². The molecule has 0 aromatic rings. The SMILES string of the molecule is CC/C=C\C/C=C\C/C=C\C/C=C\C/C=C\C/C=C\C/C=C\CCCC(=O)OC(COC(=O)CCCCCCC/C=C\CCCCCCC)COC(=O)CCCCCCCCCCCCCCCCCCCCCCCCCCCCCC. The van der Waals surface area contributed by atoms with Crippen molar-refractivity contribution >= 4 is 17.9 Å². The van der Waals surface area contributed by atoms with Gasteiger partial charge in [-0.3, -0.25) is 14.4 Å². The molecule has 0 saturated heterocycles. The molecule has 0 spiro atoms. The van der Waals surface area contributed by atoms with E-state index in [0.29, 0.717) is 19.3 Å². The molecule has 0 N–H and O–H groups in total. The lowest BCUT2D eigenvalue weighted by Crippen LogP contribution is -2.30. The minimum atomic E-state index is -0.813. The maximum Gasteiger partial charge on any atom is 0.306 e. The van der Waals surface area contributed by atoms with Gasteiger partial charge in [0.15, 0.2) is 6.10 Å². The summed E-state index contributed by atoms with van der Waals surface area (Å²) in [7, 11) is 0. The van der Waals surface area contributed by atoms with Crippen LogP contribution in [0.15, 0.2) is 97.2 Å². The van der Waals surface area contributed by atoms with Crippen molar-refractivity contribution in [1.82, 2.24) is 0 Å². The Kier molecular flexibility index (Phi) is 67.7. The van der Waals surface area contributed by atoms with Gasteiger partial charge in [-0.05, 0) is 96.3 Å². The van der Waals surface area contributed by atoms with Crippen LogP contribution in [0, 0.1) is 0 Å². The third-order valence-electron chi connectivity index (χ3n) is 15.6. The highest BCUT2D eigenvalue weighted by atomic mass is 16.6. The molecule has 0 aliphatic heterocycles. The fraction of sp³-hybridized carbons (Fsp3) is 0.753. The Morgan fingerprint density at radius 3 is 0.783 bits per heavy atom. The van der Waals surface area contributed by atoms with Gasteiger partial charge in [0.1, 0.15) is 13.2 Å². The number of carbonyl (C=O) groups excluding carboxylic acids is 3. The molecule has 0 aliphatic carbocycles. The highest BCUT2D eigenvalue weighted by Gasteiger charge is 2.19. The van der Waals surface area contributed by atoms with Gasteiger partial charge in [-0.15, -0.1) is 0 Å². The van der Waals surface area contributed by atoms with Crippen LogP contribution in [-0.4, -0.2) is 37.2 Å². The maximum atomic E-state index is 12.9. The van der Waals surface area contributed by atoms with E-state index in [1.54, 1.807) is 0 Å². The summed E-state index contributed by atoms with van der Waals surface area (Å²) >= 11 is 0. The Morgan fingerprint density at radius 2 is 0.482 bits per heavy atom. The molecule has 6 heteroatoms. The molecule has 0 radical (unpaired) electrons. The summed E-state index contributed by atoms with van der Waals surface area (Å²) < 4.78 is 16.9. The first-order chi connectivity index (χ1) is 41.0. The topological polar surface area (TPSA) is 78.9 Å². The van der Waals surface area contributed by atoms with Crippen LogP contribution in [0.3, 0.4) is 0 Å². The van der Waals surface area contributed by atoms with Crippen LogP contribution < -0.4 is 0 Å². The van der Waals surface area contributed by atoms with Gasteiger partial charge in [-0.2, -0.15) is 0 Å². The van der Waals surface area contributed by atoms with Gasteiger partial charge >= 0.3 is 17.9 Å². The fourth-order valence-electron chi connectivity index (χ4n) is 10.3. The molecule has 478 valence electrons. The van der Waals surface area contributed by atoms with Crippen molar-refractivity contribution in [3.8, 4) is 0 Å². The molecule has 83 heavy (non-hydrogen) atoms. The minimum absolute atomic E-state index is 0.101. The molecule has 0 rings (SSSR count). The van der Waals surface area contributed by atoms with Crippen molar-refractivity contribution in [2.75, 3.05) is 13.2 Å². The minimum Gasteiger partial charge on any atom is -0.462 e. The Morgan fingerprint density at radius 1 is 0.253 bits per heavy atom. The van der Waals surface area contributed by atoms with E-state index in [-0.39, 0.29) is 37.5 Å². The smallest absolute Gasteiger partial charge is 0.306 e. The fourth-order valence-corrected chi connectivity index (χ4v) is 10.3. The van der Waals surface area contributed by atoms with Crippen molar-refractivity contribution in [3.63, 3.8) is 0 Å². The standard InChI is InChI=1S/C77H134O6/c1-4-7-10-13-16-19-22-25-28-30-32-34-36-37-38-39-40-42-43-45-47-49-52-55-58-61-64-67-70-76(79)82-73-74(72-81-75(78)69-66-63-60-57-54-51-27-24-21-18-15-12-9-6-3)83-77(80)71-68-65-62-59-56-53-50-48-46-44-41-35-33-31-29-26-23-20-17-14-11-8-5-2/h8,11,17,20,24,26-27,29,33,35,44,46,50,53,59,62,74H,4-7,9-10,12-16,18-19,21-23,25,28,30-32,34,36-43,45,47-49,51-52,54-58,60-61,63-73H2,1-3H3/b11-8-,20-17-,27-24-,29-26-,35-33-,46-44-,53-50-,62-59-. The molecule has 0 fully saturated rings. The number of hydrogen-bond acceptors (Lipinski definition) is 6. The summed E-state index contributed by atoms with van der Waals surface area (Å²) in [6.45, 7) is 6.51. The number of allylic oxidation sites excluding steroid dienone is 16. The van der Waals surface area contributed by atoms with Crippen molar-refractivity contribution in [2.24, 2.45) is 0 Å². The highest BCUT2D eigenvalue weighted by molar-refractivity contribution is 5.71. The summed E-state index contributed by atoms with van der Waals surface area (Å²) in [5.74, 6) is -0.954. The van der Waals surface area contributed by atoms with E-state index in [0.717, 1.165) is 103 Å². The van der Waals surface area contributed by atoms with Crippen molar-refractivity contribution in [3.05, 3.63) is 97.2 Å². The first-order valence-corrected chi connectivity index (χ1v) is 35.7. The average Bonchev–Trinajstić information content (AvgIpc) is 3.49. The molecule has 0 amide bonds. The Labute approximate surface area is 515 Å². The molecule has 0 saturated carbocycles. The molecule has 1 atom stereocenters. The predicted molar refractivity (Wildman–Crippen MR) is 362 cm³/mol. The Bertz CT molecular complexity index is 1610. The zero-order chi connectivity index (χ0) is 59.9. The highest BCUT2D eigenvalue weighted by Crippen LogP contribution is 2.18. The zero-order valence-corrected chi connectivity index (χ0v) is 54.9. The van der Waals surface area contributed by atoms with Crippen LogP contribution in [0.4, 0.5) is 0 Å². The number of carbonyl (C=O) groups is 3. The average molecular weight is 1160 g/mol. The molecule has 0 heterocycles. The van der Waals surface area contributed by atoms with Crippen LogP contribution in [0.25, 0.3) is 0 Å². The second kappa shape index (κ2) is 70.8. The lowest BCUT2D eigenvalue weighted by Gasteiger charge is -2.18. The molecule has 0 aromatic carbocycles. The maximum absolute atomic E-state index is 12.9. The van der Waals surface area contributed by atoms with Crippen LogP contribution >= 0.6 is 0 Å². The first-order valence-electron chi connectivity index (χ1n) is 35.7. The first kappa shape index (κ1) is 79.3. The van der Waals surface area contributed by atoms with Gasteiger partial charge in [-0.25, -0.2) is 0 Å². The lowest BCUT2D eigenvalue weighted by molar-refractivity contribution is -0.167. The van der Waals surface area contributed by atoms with E-state index in [4.69, 9.17) is 14.2 Å². The van der Waals surface area contributed by atoms with Gasteiger partial charge in [0.2, 0.25) is 0 Å². The van der Waals surface area contributed by atoms with Gasteiger partial charge in [0, 0.05) is 19.3 Å². The number of hydrogen-bond donors (Lipinski definition) is 0. The normalized spacial score (nSPS) is 12.7. The summed E-state index contributed by atoms with van der Waals surface area (Å²) in [5.41, 5.74) is 0. The van der Waals surface area contributed by atoms with E-state index >= 15 is 0 Å². The van der Waals surface area contributed by atoms with E-state index in [9.17, 15) is 14.4 Å². The summed E-state index contributed by atoms with van der Waals surface area (Å²) in [6, 6.07) is 0. The second-order valence-electron chi connectivity index (χ2n) is 23.8. The van der Waals surface area contributed by atoms with Crippen LogP contribution in [0.5, 0.6) is 0 Å². The third kappa shape index (κ3) is 69.0. The van der Waals surface area contributed by atoms with Crippen LogP contribution in [-0.2, 0) is 28.6 Å². The molecule has 1 unspecified atom stereocenters. The number of ether oxygens (including phenoxy) is 3. The van der Waals surface area contributed by atoms with E-state index in [1.807, 2.05) is 0 Å². The van der Waals surface area contributed by atoms with E-state index < -0.39 is 6.10 Å². The van der Waals surface area contributed by atoms with Crippen molar-refractivity contribution < 1.29 is 28.6 Å². The largest absolute Gasteiger partial charge is 0.462 e. The summed E-state index contributed by atoms with van der Waals surface area (Å²) in [4.78, 5) is 38.4. The predicted octanol–water partition coefficient (Wildman–Crippen LogP) is 24.8. The number of unbranched alkanes of at least 4 members (excludes halogenated alkanes) is 38. The molecule has 0 aromatic heterocycles. The van der Waals surface area contributed by atoms with Crippen molar-refractivity contribution in [2.45, 2.75) is 361 Å². The quantitative estimate of drug-likeness (QED) is 0.0261. The number of esters is 3. The molecule has 0 aliphatic rings. The molecule has 6 nitrogen and oxygen atoms in total. The molecule has 0 bridgehead atoms. The van der Waals surface area contributed by atoms with Crippen molar-refractivity contribution in [1.29, 1.82) is 0 Å². The third-order valence-corrected chi connectivity index (χ3v) is 15.6. The number of rotatable bonds is 65. The second-order valence-corrected chi connectivity index (χ2v) is 23.8. The summed E-state index contributed by atoms with van der Waals surface area (Å²) in [6.07, 6.45) is 96.0. The Hall–Kier alpha value is -3.67. The Balaban J connectivity index is 4.34. The molecular formula is C77H134O6. The lowest BCUT2D eigenvalue weighted by atomic mass is 10.0. The monoisotopic (exact) mass is 1160 g/mol. The van der Waals surface area contributed by atoms with Gasteiger partial charge in [-0.1, -0.05) is 336 Å². The van der Waals surface area contributed by atoms with Gasteiger partial charge in [0.25, 0.3) is 0 Å².